The Morgan fingerprint density at radius 1 is 0.518 bits per heavy atom. The number of carboxylic acids is 2. The number of ketones is 3. The number of benzene rings is 2. The van der Waals surface area contributed by atoms with Crippen LogP contribution in [0.1, 0.15) is 192 Å². The number of nitrogen functional groups attached to an aromatic ring is 1. The summed E-state index contributed by atoms with van der Waals surface area (Å²) < 4.78 is 22.5. The minimum absolute atomic E-state index is 0.0369. The first kappa shape index (κ1) is 90.0. The molecular weight excluding hydrogens is 1450 g/mol. The number of unbranched alkanes of at least 4 members (excludes halogenated alkanes) is 8. The van der Waals surface area contributed by atoms with Crippen molar-refractivity contribution >= 4 is 92.9 Å². The number of aryl methyl sites for hydroxylation is 3. The van der Waals surface area contributed by atoms with Gasteiger partial charge in [0, 0.05) is 101 Å². The van der Waals surface area contributed by atoms with E-state index in [0.717, 1.165) is 69.8 Å². The summed E-state index contributed by atoms with van der Waals surface area (Å²) in [6, 6.07) is 10.5. The smallest absolute Gasteiger partial charge is 0.326 e. The zero-order valence-corrected chi connectivity index (χ0v) is 64.0. The summed E-state index contributed by atoms with van der Waals surface area (Å²) in [5.41, 5.74) is 8.28. The number of allylic oxidation sites excluding steroid dienone is 2. The van der Waals surface area contributed by atoms with E-state index >= 15 is 0 Å². The summed E-state index contributed by atoms with van der Waals surface area (Å²) >= 11 is 0. The second-order valence-corrected chi connectivity index (χ2v) is 26.9. The van der Waals surface area contributed by atoms with Gasteiger partial charge >= 0.3 is 18.0 Å². The molecule has 2 aromatic carbocycles. The van der Waals surface area contributed by atoms with E-state index in [9.17, 15) is 67.7 Å². The number of urea groups is 1. The summed E-state index contributed by atoms with van der Waals surface area (Å²) in [4.78, 5) is 182. The molecule has 0 aliphatic rings. The minimum atomic E-state index is -1.35. The highest BCUT2D eigenvalue weighted by molar-refractivity contribution is 5.98. The standard InChI is InChI=1S/C78H108N16O18/c1-3-4-14-35-82-78(108)83-36-15-12-10-8-6-5-7-9-11-13-20-67(100)91-62(63(96)19-17-40-110-44-46-111-41-37-80-65(98)33-28-56(75(104)105)47-64(97)54-24-21-53(22-25-54)23-29-58-49-85-71-69(89-58)74(103)94-77(79)93-71)48-60(95)18-16-39-109-43-45-112-42-38-81-66(99)34-32-61(76(106)107)92-72(101)55-26-30-57(31-27-55)84-50-59-51-86-70-68(90-59)73(102)88-52(2)87-70/h6,8,21-22,24-27,30-31,49,51,56,61-62,84H,3-5,7,9-20,23,28-29,32-48,50H2,1-2H3,(H,80,98)(H,81,99)(H,91,100)(H,92,101)(H,104,105)(H,106,107)(H2,82,83,108)(H,86,87,88,102)(H3,79,85,93,94,103)/b8-6-/t56-,61+,62?/m1/s1. The molecule has 6 rings (SSSR count). The van der Waals surface area contributed by atoms with E-state index in [1.807, 2.05) is 0 Å². The Balaban J connectivity index is 0.812. The molecule has 0 aliphatic heterocycles. The Labute approximate surface area is 649 Å². The van der Waals surface area contributed by atoms with Crippen molar-refractivity contribution in [2.45, 2.75) is 187 Å². The van der Waals surface area contributed by atoms with Crippen LogP contribution in [-0.4, -0.2) is 200 Å². The molecule has 0 spiro atoms. The predicted molar refractivity (Wildman–Crippen MR) is 416 cm³/mol. The summed E-state index contributed by atoms with van der Waals surface area (Å²) in [5.74, 6) is -5.98. The number of hydrogen-bond donors (Lipinski definition) is 12. The predicted octanol–water partition coefficient (Wildman–Crippen LogP) is 6.17. The van der Waals surface area contributed by atoms with Gasteiger partial charge in [-0.25, -0.2) is 34.5 Å². The van der Waals surface area contributed by atoms with E-state index in [4.69, 9.17) is 24.7 Å². The third-order valence-electron chi connectivity index (χ3n) is 17.7. The lowest BCUT2D eigenvalue weighted by atomic mass is 9.93. The highest BCUT2D eigenvalue weighted by Gasteiger charge is 2.26. The third-order valence-corrected chi connectivity index (χ3v) is 17.7. The lowest BCUT2D eigenvalue weighted by molar-refractivity contribution is -0.142. The van der Waals surface area contributed by atoms with Crippen LogP contribution >= 0.6 is 0 Å². The SMILES string of the molecule is CCCCCNC(=O)NCCCC/C=C\CCCCCCC(=O)NC(CC(=O)CCCOCCOCCNC(=O)CC[C@H](NC(=O)c1ccc(NCc2cnc3nc(C)[nH]c(=O)c3n2)cc1)C(=O)O)C(=O)CCCOCCOCCNC(=O)CC[C@H](CC(=O)c1ccc(CCc2cnc3nc(N)[nH]c(=O)c3n2)cc1)C(=O)O. The summed E-state index contributed by atoms with van der Waals surface area (Å²) in [6.45, 7) is 6.96. The molecule has 4 heterocycles. The number of fused-ring (bicyclic) bond motifs is 2. The zero-order chi connectivity index (χ0) is 80.7. The van der Waals surface area contributed by atoms with Gasteiger partial charge in [-0.1, -0.05) is 69.0 Å². The van der Waals surface area contributed by atoms with Crippen molar-refractivity contribution in [1.29, 1.82) is 0 Å². The Hall–Kier alpha value is -10.8. The molecule has 608 valence electrons. The largest absolute Gasteiger partial charge is 0.481 e. The summed E-state index contributed by atoms with van der Waals surface area (Å²) in [7, 11) is 0. The number of anilines is 2. The normalized spacial score (nSPS) is 12.1. The molecular formula is C78H108N16O18. The summed E-state index contributed by atoms with van der Waals surface area (Å²) in [5, 5.41) is 39.2. The quantitative estimate of drug-likeness (QED) is 0.0115. The molecule has 4 aromatic heterocycles. The summed E-state index contributed by atoms with van der Waals surface area (Å²) in [6.07, 6.45) is 18.4. The second-order valence-electron chi connectivity index (χ2n) is 26.9. The van der Waals surface area contributed by atoms with Crippen molar-refractivity contribution in [3.05, 3.63) is 128 Å². The number of nitrogens with two attached hydrogens (primary N) is 1. The number of H-pyrrole nitrogens is 2. The maximum atomic E-state index is 13.6. The van der Waals surface area contributed by atoms with Gasteiger partial charge in [0.15, 0.2) is 33.9 Å². The number of Topliss-reactive ketones (excluding diaryl/α,β-unsaturated/α-hetero) is 3. The highest BCUT2D eigenvalue weighted by Crippen LogP contribution is 2.19. The van der Waals surface area contributed by atoms with Crippen molar-refractivity contribution in [3.8, 4) is 0 Å². The topological polar surface area (TPSA) is 501 Å². The molecule has 112 heavy (non-hydrogen) atoms. The van der Waals surface area contributed by atoms with Crippen molar-refractivity contribution in [1.82, 2.24) is 71.8 Å². The molecule has 0 saturated heterocycles. The first-order valence-electron chi connectivity index (χ1n) is 38.5. The van der Waals surface area contributed by atoms with Crippen LogP contribution in [0.25, 0.3) is 22.3 Å². The van der Waals surface area contributed by atoms with Gasteiger partial charge in [0.25, 0.3) is 17.0 Å². The minimum Gasteiger partial charge on any atom is -0.481 e. The molecule has 0 bridgehead atoms. The molecule has 13 N–H and O–H groups in total. The van der Waals surface area contributed by atoms with Gasteiger partial charge in [-0.05, 0) is 120 Å². The van der Waals surface area contributed by atoms with E-state index < -0.39 is 58.8 Å². The number of nitrogens with one attached hydrogen (secondary N) is 9. The van der Waals surface area contributed by atoms with Gasteiger partial charge in [-0.3, -0.25) is 52.9 Å². The molecule has 0 fully saturated rings. The molecule has 0 aliphatic carbocycles. The van der Waals surface area contributed by atoms with Gasteiger partial charge in [-0.2, -0.15) is 4.98 Å². The van der Waals surface area contributed by atoms with E-state index in [2.05, 4.69) is 96.2 Å². The molecule has 0 saturated carbocycles. The average molecular weight is 1560 g/mol. The Morgan fingerprint density at radius 3 is 1.73 bits per heavy atom. The van der Waals surface area contributed by atoms with Crippen LogP contribution in [0.3, 0.4) is 0 Å². The Bertz CT molecular complexity index is 4160. The number of nitrogens with zero attached hydrogens (tertiary/aromatic N) is 6. The maximum absolute atomic E-state index is 13.6. The van der Waals surface area contributed by atoms with Gasteiger partial charge in [0.1, 0.15) is 17.6 Å². The number of carbonyl (C=O) groups is 10. The first-order chi connectivity index (χ1) is 54.1. The molecule has 6 aromatic rings. The number of aromatic nitrogens is 8. The number of ether oxygens (including phenoxy) is 4. The number of amides is 6. The number of aliphatic carboxylic acids is 2. The second kappa shape index (κ2) is 51.6. The Kier molecular flexibility index (Phi) is 41.5. The van der Waals surface area contributed by atoms with Crippen molar-refractivity contribution in [3.63, 3.8) is 0 Å². The van der Waals surface area contributed by atoms with Crippen LogP contribution in [0.4, 0.5) is 16.4 Å². The maximum Gasteiger partial charge on any atom is 0.326 e. The molecule has 3 atom stereocenters. The number of carboxylic acid groups (broad SMARTS) is 2. The fraction of sp³-hybridized carbons (Fsp3) is 0.538. The van der Waals surface area contributed by atoms with Crippen molar-refractivity contribution in [2.75, 3.05) is 90.1 Å². The third kappa shape index (κ3) is 35.9. The van der Waals surface area contributed by atoms with E-state index in [1.165, 1.54) is 24.5 Å². The van der Waals surface area contributed by atoms with Gasteiger partial charge in [0.2, 0.25) is 23.7 Å². The van der Waals surface area contributed by atoms with E-state index in [-0.39, 0.29) is 193 Å². The highest BCUT2D eigenvalue weighted by atomic mass is 16.5. The van der Waals surface area contributed by atoms with Crippen molar-refractivity contribution in [2.24, 2.45) is 5.92 Å². The molecule has 0 radical (unpaired) electrons. The zero-order valence-electron chi connectivity index (χ0n) is 64.0. The fourth-order valence-electron chi connectivity index (χ4n) is 11.5. The number of rotatable bonds is 59. The first-order valence-corrected chi connectivity index (χ1v) is 38.5. The molecule has 1 unspecified atom stereocenters. The fourth-order valence-corrected chi connectivity index (χ4v) is 11.5. The molecule has 34 nitrogen and oxygen atoms in total. The van der Waals surface area contributed by atoms with Crippen LogP contribution in [0.5, 0.6) is 0 Å². The van der Waals surface area contributed by atoms with Crippen LogP contribution in [0.15, 0.2) is 82.7 Å². The number of aromatic amines is 2. The number of hydrogen-bond acceptors (Lipinski definition) is 24. The average Bonchev–Trinajstić information content (AvgIpc) is 0.817. The molecule has 34 heteroatoms. The van der Waals surface area contributed by atoms with Gasteiger partial charge in [0.05, 0.1) is 81.9 Å². The lowest BCUT2D eigenvalue weighted by Crippen LogP contribution is -2.42. The lowest BCUT2D eigenvalue weighted by Gasteiger charge is -2.17. The van der Waals surface area contributed by atoms with Crippen LogP contribution in [-0.2, 0) is 71.9 Å². The van der Waals surface area contributed by atoms with Crippen molar-refractivity contribution < 1.29 is 77.1 Å². The van der Waals surface area contributed by atoms with E-state index in [0.29, 0.717) is 73.7 Å². The monoisotopic (exact) mass is 1560 g/mol. The van der Waals surface area contributed by atoms with E-state index in [1.54, 1.807) is 43.3 Å². The number of carbonyl (C=O) groups excluding carboxylic acids is 8. The van der Waals surface area contributed by atoms with Crippen LogP contribution in [0, 0.1) is 12.8 Å². The van der Waals surface area contributed by atoms with Gasteiger partial charge in [-0.15, -0.1) is 0 Å². The molecule has 6 amide bonds. The van der Waals surface area contributed by atoms with Crippen LogP contribution < -0.4 is 54.1 Å². The Morgan fingerprint density at radius 2 is 1.09 bits per heavy atom. The van der Waals surface area contributed by atoms with Gasteiger partial charge < -0.3 is 77.1 Å². The van der Waals surface area contributed by atoms with Crippen LogP contribution in [0.2, 0.25) is 0 Å².